The van der Waals surface area contributed by atoms with Crippen LogP contribution in [-0.4, -0.2) is 22.4 Å². The Kier molecular flexibility index (Phi) is 6.04. The number of rotatable bonds is 6. The highest BCUT2D eigenvalue weighted by Crippen LogP contribution is 2.19. The Morgan fingerprint density at radius 1 is 1.04 bits per heavy atom. The number of nitrogens with one attached hydrogen (secondary N) is 2. The second-order valence-electron chi connectivity index (χ2n) is 6.37. The van der Waals surface area contributed by atoms with E-state index >= 15 is 0 Å². The maximum absolute atomic E-state index is 12.2. The molecule has 0 radical (unpaired) electrons. The highest BCUT2D eigenvalue weighted by Gasteiger charge is 2.08. The monoisotopic (exact) mass is 380 g/mol. The SMILES string of the molecule is Cc1ccc(Nc2ncc(C(=O)NCCc3ccc(Cl)cc3)cn2)c(C)c1. The summed E-state index contributed by atoms with van der Waals surface area (Å²) in [4.78, 5) is 20.7. The van der Waals surface area contributed by atoms with Crippen LogP contribution in [0.1, 0.15) is 27.0 Å². The molecule has 0 fully saturated rings. The number of carbonyl (C=O) groups is 1. The van der Waals surface area contributed by atoms with Gasteiger partial charge in [0, 0.05) is 29.6 Å². The molecule has 0 spiro atoms. The zero-order chi connectivity index (χ0) is 19.2. The van der Waals surface area contributed by atoms with Crippen molar-refractivity contribution in [2.75, 3.05) is 11.9 Å². The molecule has 6 heteroatoms. The van der Waals surface area contributed by atoms with Gasteiger partial charge in [-0.2, -0.15) is 0 Å². The van der Waals surface area contributed by atoms with Crippen molar-refractivity contribution in [1.29, 1.82) is 0 Å². The van der Waals surface area contributed by atoms with E-state index in [4.69, 9.17) is 11.6 Å². The summed E-state index contributed by atoms with van der Waals surface area (Å²) in [5, 5.41) is 6.75. The number of hydrogen-bond donors (Lipinski definition) is 2. The second kappa shape index (κ2) is 8.64. The van der Waals surface area contributed by atoms with E-state index in [1.54, 1.807) is 0 Å². The van der Waals surface area contributed by atoms with Crippen LogP contribution in [0, 0.1) is 13.8 Å². The Morgan fingerprint density at radius 2 is 1.74 bits per heavy atom. The molecule has 0 aliphatic heterocycles. The van der Waals surface area contributed by atoms with Crippen LogP contribution < -0.4 is 10.6 Å². The number of carbonyl (C=O) groups excluding carboxylic acids is 1. The van der Waals surface area contributed by atoms with Crippen LogP contribution in [0.4, 0.5) is 11.6 Å². The fourth-order valence-electron chi connectivity index (χ4n) is 2.66. The summed E-state index contributed by atoms with van der Waals surface area (Å²) in [5.74, 6) is 0.265. The number of nitrogens with zero attached hydrogens (tertiary/aromatic N) is 2. The van der Waals surface area contributed by atoms with Crippen LogP contribution in [0.15, 0.2) is 54.9 Å². The fraction of sp³-hybridized carbons (Fsp3) is 0.190. The molecule has 0 aliphatic rings. The Hall–Kier alpha value is -2.92. The molecule has 1 heterocycles. The lowest BCUT2D eigenvalue weighted by Crippen LogP contribution is -2.26. The zero-order valence-electron chi connectivity index (χ0n) is 15.3. The molecule has 0 saturated heterocycles. The molecule has 1 aromatic heterocycles. The van der Waals surface area contributed by atoms with E-state index in [-0.39, 0.29) is 5.91 Å². The molecule has 0 atom stereocenters. The van der Waals surface area contributed by atoms with Gasteiger partial charge in [0.1, 0.15) is 0 Å². The number of hydrogen-bond acceptors (Lipinski definition) is 4. The molecule has 2 N–H and O–H groups in total. The smallest absolute Gasteiger partial charge is 0.254 e. The minimum atomic E-state index is -0.193. The Balaban J connectivity index is 1.54. The molecule has 5 nitrogen and oxygen atoms in total. The van der Waals surface area contributed by atoms with E-state index in [0.29, 0.717) is 23.1 Å². The van der Waals surface area contributed by atoms with Gasteiger partial charge in [-0.3, -0.25) is 4.79 Å². The summed E-state index contributed by atoms with van der Waals surface area (Å²) >= 11 is 5.87. The van der Waals surface area contributed by atoms with Gasteiger partial charge < -0.3 is 10.6 Å². The van der Waals surface area contributed by atoms with Gasteiger partial charge in [-0.05, 0) is 49.6 Å². The maximum Gasteiger partial charge on any atom is 0.254 e. The normalized spacial score (nSPS) is 10.5. The summed E-state index contributed by atoms with van der Waals surface area (Å²) in [6, 6.07) is 13.7. The maximum atomic E-state index is 12.2. The van der Waals surface area contributed by atoms with Crippen LogP contribution in [0.25, 0.3) is 0 Å². The van der Waals surface area contributed by atoms with Crippen LogP contribution in [0.2, 0.25) is 5.02 Å². The molecular weight excluding hydrogens is 360 g/mol. The topological polar surface area (TPSA) is 66.9 Å². The Labute approximate surface area is 163 Å². The fourth-order valence-corrected chi connectivity index (χ4v) is 2.78. The van der Waals surface area contributed by atoms with Crippen LogP contribution in [-0.2, 0) is 6.42 Å². The van der Waals surface area contributed by atoms with Gasteiger partial charge in [0.05, 0.1) is 5.56 Å². The minimum absolute atomic E-state index is 0.193. The van der Waals surface area contributed by atoms with E-state index in [9.17, 15) is 4.79 Å². The Morgan fingerprint density at radius 3 is 2.41 bits per heavy atom. The number of aromatic nitrogens is 2. The minimum Gasteiger partial charge on any atom is -0.352 e. The first-order chi connectivity index (χ1) is 13.0. The summed E-state index contributed by atoms with van der Waals surface area (Å²) in [6.07, 6.45) is 3.78. The first-order valence-corrected chi connectivity index (χ1v) is 9.08. The predicted octanol–water partition coefficient (Wildman–Crippen LogP) is 4.46. The molecule has 2 aromatic carbocycles. The highest BCUT2D eigenvalue weighted by atomic mass is 35.5. The summed E-state index contributed by atoms with van der Waals surface area (Å²) in [7, 11) is 0. The van der Waals surface area contributed by atoms with Crippen molar-refractivity contribution in [2.24, 2.45) is 0 Å². The van der Waals surface area contributed by atoms with Gasteiger partial charge in [0.2, 0.25) is 5.95 Å². The van der Waals surface area contributed by atoms with Crippen LogP contribution in [0.3, 0.4) is 0 Å². The van der Waals surface area contributed by atoms with Crippen molar-refractivity contribution in [3.05, 3.63) is 82.1 Å². The molecule has 3 aromatic rings. The number of aryl methyl sites for hydroxylation is 2. The van der Waals surface area contributed by atoms with E-state index in [2.05, 4.69) is 26.7 Å². The van der Waals surface area contributed by atoms with Gasteiger partial charge in [-0.25, -0.2) is 9.97 Å². The lowest BCUT2D eigenvalue weighted by atomic mass is 10.1. The predicted molar refractivity (Wildman–Crippen MR) is 109 cm³/mol. The quantitative estimate of drug-likeness (QED) is 0.662. The van der Waals surface area contributed by atoms with Crippen LogP contribution in [0.5, 0.6) is 0 Å². The second-order valence-corrected chi connectivity index (χ2v) is 6.81. The van der Waals surface area contributed by atoms with E-state index in [1.807, 2.05) is 50.2 Å². The average molecular weight is 381 g/mol. The third kappa shape index (κ3) is 5.28. The van der Waals surface area contributed by atoms with Gasteiger partial charge >= 0.3 is 0 Å². The Bertz CT molecular complexity index is 924. The van der Waals surface area contributed by atoms with Gasteiger partial charge in [-0.1, -0.05) is 41.4 Å². The number of anilines is 2. The van der Waals surface area contributed by atoms with Gasteiger partial charge in [0.15, 0.2) is 0 Å². The zero-order valence-corrected chi connectivity index (χ0v) is 16.0. The summed E-state index contributed by atoms with van der Waals surface area (Å²) in [6.45, 7) is 4.61. The molecule has 0 bridgehead atoms. The first-order valence-electron chi connectivity index (χ1n) is 8.70. The van der Waals surface area contributed by atoms with Crippen molar-refractivity contribution in [3.8, 4) is 0 Å². The molecule has 138 valence electrons. The van der Waals surface area contributed by atoms with Crippen molar-refractivity contribution in [1.82, 2.24) is 15.3 Å². The lowest BCUT2D eigenvalue weighted by molar-refractivity contribution is 0.0953. The summed E-state index contributed by atoms with van der Waals surface area (Å²) in [5.41, 5.74) is 4.80. The standard InChI is InChI=1S/C21H21ClN4O/c1-14-3-8-19(15(2)11-14)26-21-24-12-17(13-25-21)20(27)23-10-9-16-4-6-18(22)7-5-16/h3-8,11-13H,9-10H2,1-2H3,(H,23,27)(H,24,25,26). The molecular formula is C21H21ClN4O. The average Bonchev–Trinajstić information content (AvgIpc) is 2.66. The van der Waals surface area contributed by atoms with Gasteiger partial charge in [-0.15, -0.1) is 0 Å². The van der Waals surface area contributed by atoms with Crippen LogP contribution >= 0.6 is 11.6 Å². The molecule has 1 amide bonds. The van der Waals surface area contributed by atoms with Crippen molar-refractivity contribution >= 4 is 29.1 Å². The first kappa shape index (κ1) is 18.9. The molecule has 3 rings (SSSR count). The third-order valence-electron chi connectivity index (χ3n) is 4.15. The largest absolute Gasteiger partial charge is 0.352 e. The van der Waals surface area contributed by atoms with E-state index in [0.717, 1.165) is 23.2 Å². The number of halogens is 1. The van der Waals surface area contributed by atoms with E-state index < -0.39 is 0 Å². The highest BCUT2D eigenvalue weighted by molar-refractivity contribution is 6.30. The van der Waals surface area contributed by atoms with Crippen molar-refractivity contribution in [3.63, 3.8) is 0 Å². The third-order valence-corrected chi connectivity index (χ3v) is 4.41. The van der Waals surface area contributed by atoms with E-state index in [1.165, 1.54) is 18.0 Å². The van der Waals surface area contributed by atoms with Crippen molar-refractivity contribution < 1.29 is 4.79 Å². The van der Waals surface area contributed by atoms with Crippen molar-refractivity contribution in [2.45, 2.75) is 20.3 Å². The lowest BCUT2D eigenvalue weighted by Gasteiger charge is -2.09. The molecule has 0 aliphatic carbocycles. The molecule has 27 heavy (non-hydrogen) atoms. The molecule has 0 unspecified atom stereocenters. The number of benzene rings is 2. The number of amides is 1. The summed E-state index contributed by atoms with van der Waals surface area (Å²) < 4.78 is 0. The van der Waals surface area contributed by atoms with Gasteiger partial charge in [0.25, 0.3) is 5.91 Å². The molecule has 0 saturated carbocycles.